The third kappa shape index (κ3) is 5.65. The van der Waals surface area contributed by atoms with Crippen molar-refractivity contribution in [1.29, 1.82) is 0 Å². The van der Waals surface area contributed by atoms with E-state index in [2.05, 4.69) is 41.5 Å². The molecule has 0 aliphatic rings. The fraction of sp³-hybridized carbons (Fsp3) is 0.462. The van der Waals surface area contributed by atoms with Gasteiger partial charge >= 0.3 is 0 Å². The molecule has 0 fully saturated rings. The summed E-state index contributed by atoms with van der Waals surface area (Å²) >= 11 is 5.22. The van der Waals surface area contributed by atoms with Crippen molar-refractivity contribution in [1.82, 2.24) is 15.5 Å². The topological polar surface area (TPSA) is 27.3 Å². The van der Waals surface area contributed by atoms with E-state index in [4.69, 9.17) is 12.2 Å². The van der Waals surface area contributed by atoms with E-state index in [9.17, 15) is 0 Å². The van der Waals surface area contributed by atoms with Crippen LogP contribution >= 0.6 is 12.2 Å². The zero-order valence-corrected chi connectivity index (χ0v) is 11.4. The van der Waals surface area contributed by atoms with E-state index >= 15 is 0 Å². The van der Waals surface area contributed by atoms with Crippen LogP contribution in [0, 0.1) is 0 Å². The van der Waals surface area contributed by atoms with Gasteiger partial charge < -0.3 is 10.6 Å². The van der Waals surface area contributed by atoms with Gasteiger partial charge in [-0.3, -0.25) is 4.90 Å². The van der Waals surface area contributed by atoms with Gasteiger partial charge in [0.05, 0.1) is 6.67 Å². The van der Waals surface area contributed by atoms with Gasteiger partial charge in [-0.05, 0) is 30.9 Å². The molecule has 0 bridgehead atoms. The quantitative estimate of drug-likeness (QED) is 0.597. The predicted molar refractivity (Wildman–Crippen MR) is 76.8 cm³/mol. The Bertz CT molecular complexity index is 323. The number of nitrogens with one attached hydrogen (secondary N) is 2. The predicted octanol–water partition coefficient (Wildman–Crippen LogP) is 1.95. The van der Waals surface area contributed by atoms with Gasteiger partial charge in [0.25, 0.3) is 0 Å². The summed E-state index contributed by atoms with van der Waals surface area (Å²) in [6, 6.07) is 10.2. The van der Waals surface area contributed by atoms with Crippen LogP contribution in [0.4, 0.5) is 0 Å². The molecule has 0 radical (unpaired) electrons. The fourth-order valence-corrected chi connectivity index (χ4v) is 1.61. The van der Waals surface area contributed by atoms with E-state index in [1.165, 1.54) is 5.56 Å². The smallest absolute Gasteiger partial charge is 0.167 e. The second-order valence-electron chi connectivity index (χ2n) is 3.81. The molecule has 0 unspecified atom stereocenters. The second-order valence-corrected chi connectivity index (χ2v) is 4.21. The van der Waals surface area contributed by atoms with Gasteiger partial charge in [-0.1, -0.05) is 44.2 Å². The van der Waals surface area contributed by atoms with Crippen molar-refractivity contribution in [2.24, 2.45) is 0 Å². The molecule has 2 N–H and O–H groups in total. The first kappa shape index (κ1) is 13.9. The molecule has 1 aromatic rings. The molecule has 17 heavy (non-hydrogen) atoms. The molecule has 4 heteroatoms. The molecular weight excluding hydrogens is 230 g/mol. The Morgan fingerprint density at radius 1 is 1.12 bits per heavy atom. The van der Waals surface area contributed by atoms with Crippen LogP contribution in [0.5, 0.6) is 0 Å². The van der Waals surface area contributed by atoms with E-state index in [0.717, 1.165) is 26.3 Å². The van der Waals surface area contributed by atoms with Crippen molar-refractivity contribution in [3.8, 4) is 0 Å². The Labute approximate surface area is 109 Å². The summed E-state index contributed by atoms with van der Waals surface area (Å²) in [7, 11) is 0. The average molecular weight is 251 g/mol. The van der Waals surface area contributed by atoms with Crippen molar-refractivity contribution >= 4 is 17.3 Å². The number of benzene rings is 1. The Morgan fingerprint density at radius 3 is 2.35 bits per heavy atom. The monoisotopic (exact) mass is 251 g/mol. The van der Waals surface area contributed by atoms with Gasteiger partial charge in [-0.25, -0.2) is 0 Å². The molecule has 0 amide bonds. The molecule has 0 spiro atoms. The van der Waals surface area contributed by atoms with Crippen molar-refractivity contribution in [3.63, 3.8) is 0 Å². The highest BCUT2D eigenvalue weighted by Gasteiger charge is 2.00. The first-order valence-electron chi connectivity index (χ1n) is 6.04. The summed E-state index contributed by atoms with van der Waals surface area (Å²) in [4.78, 5) is 2.27. The SMILES string of the molecule is CCN(CC)CNC(=S)NCc1ccccc1. The van der Waals surface area contributed by atoms with Crippen LogP contribution < -0.4 is 10.6 Å². The maximum absolute atomic E-state index is 5.22. The fourth-order valence-electron chi connectivity index (χ4n) is 1.47. The zero-order valence-electron chi connectivity index (χ0n) is 10.6. The molecule has 0 aliphatic heterocycles. The lowest BCUT2D eigenvalue weighted by Gasteiger charge is -2.20. The molecule has 0 aliphatic carbocycles. The highest BCUT2D eigenvalue weighted by Crippen LogP contribution is 1.96. The third-order valence-electron chi connectivity index (χ3n) is 2.65. The minimum atomic E-state index is 0.709. The van der Waals surface area contributed by atoms with Crippen LogP contribution in [0.3, 0.4) is 0 Å². The Morgan fingerprint density at radius 2 is 1.76 bits per heavy atom. The molecule has 0 saturated carbocycles. The van der Waals surface area contributed by atoms with Gasteiger partial charge in [-0.15, -0.1) is 0 Å². The summed E-state index contributed by atoms with van der Waals surface area (Å²) in [5, 5.41) is 7.11. The van der Waals surface area contributed by atoms with Crippen LogP contribution in [-0.4, -0.2) is 29.8 Å². The van der Waals surface area contributed by atoms with Gasteiger partial charge in [-0.2, -0.15) is 0 Å². The van der Waals surface area contributed by atoms with E-state index < -0.39 is 0 Å². The zero-order chi connectivity index (χ0) is 12.5. The maximum Gasteiger partial charge on any atom is 0.167 e. The molecule has 0 saturated heterocycles. The molecule has 0 aromatic heterocycles. The van der Waals surface area contributed by atoms with Gasteiger partial charge in [0.2, 0.25) is 0 Å². The average Bonchev–Trinajstić information content (AvgIpc) is 2.39. The highest BCUT2D eigenvalue weighted by molar-refractivity contribution is 7.80. The largest absolute Gasteiger partial charge is 0.359 e. The number of thiocarbonyl (C=S) groups is 1. The van der Waals surface area contributed by atoms with Crippen LogP contribution in [0.2, 0.25) is 0 Å². The highest BCUT2D eigenvalue weighted by atomic mass is 32.1. The van der Waals surface area contributed by atoms with Crippen LogP contribution in [0.15, 0.2) is 30.3 Å². The Kier molecular flexibility index (Phi) is 6.58. The Balaban J connectivity index is 2.22. The van der Waals surface area contributed by atoms with Gasteiger partial charge in [0.15, 0.2) is 5.11 Å². The number of hydrogen-bond donors (Lipinski definition) is 2. The van der Waals surface area contributed by atoms with Crippen LogP contribution in [0.1, 0.15) is 19.4 Å². The summed E-state index contributed by atoms with van der Waals surface area (Å²) < 4.78 is 0. The second kappa shape index (κ2) is 8.03. The third-order valence-corrected chi connectivity index (χ3v) is 2.94. The van der Waals surface area contributed by atoms with E-state index in [0.29, 0.717) is 5.11 Å². The first-order valence-corrected chi connectivity index (χ1v) is 6.45. The van der Waals surface area contributed by atoms with Crippen molar-refractivity contribution in [2.45, 2.75) is 20.4 Å². The van der Waals surface area contributed by atoms with Gasteiger partial charge in [0, 0.05) is 6.54 Å². The minimum Gasteiger partial charge on any atom is -0.359 e. The van der Waals surface area contributed by atoms with Crippen LogP contribution in [0.25, 0.3) is 0 Å². The molecule has 0 atom stereocenters. The first-order chi connectivity index (χ1) is 8.26. The lowest BCUT2D eigenvalue weighted by atomic mass is 10.2. The summed E-state index contributed by atoms with van der Waals surface area (Å²) in [5.41, 5.74) is 1.24. The summed E-state index contributed by atoms with van der Waals surface area (Å²) in [6.07, 6.45) is 0. The van der Waals surface area contributed by atoms with Crippen molar-refractivity contribution < 1.29 is 0 Å². The molecule has 94 valence electrons. The summed E-state index contributed by atoms with van der Waals surface area (Å²) in [6.45, 7) is 7.92. The molecule has 0 heterocycles. The van der Waals surface area contributed by atoms with Crippen LogP contribution in [-0.2, 0) is 6.54 Å². The minimum absolute atomic E-state index is 0.709. The van der Waals surface area contributed by atoms with Gasteiger partial charge in [0.1, 0.15) is 0 Å². The van der Waals surface area contributed by atoms with Crippen molar-refractivity contribution in [3.05, 3.63) is 35.9 Å². The van der Waals surface area contributed by atoms with E-state index in [1.807, 2.05) is 18.2 Å². The number of rotatable bonds is 6. The summed E-state index contributed by atoms with van der Waals surface area (Å²) in [5.74, 6) is 0. The number of hydrogen-bond acceptors (Lipinski definition) is 2. The van der Waals surface area contributed by atoms with E-state index in [-0.39, 0.29) is 0 Å². The molecule has 3 nitrogen and oxygen atoms in total. The van der Waals surface area contributed by atoms with Crippen molar-refractivity contribution in [2.75, 3.05) is 19.8 Å². The number of nitrogens with zero attached hydrogens (tertiary/aromatic N) is 1. The molecular formula is C13H21N3S. The lowest BCUT2D eigenvalue weighted by Crippen LogP contribution is -2.42. The standard InChI is InChI=1S/C13H21N3S/c1-3-16(4-2)11-15-13(17)14-10-12-8-6-5-7-9-12/h5-9H,3-4,10-11H2,1-2H3,(H2,14,15,17). The lowest BCUT2D eigenvalue weighted by molar-refractivity contribution is 0.298. The molecule has 1 aromatic carbocycles. The normalized spacial score (nSPS) is 10.3. The Hall–Kier alpha value is -1.13. The molecule has 1 rings (SSSR count). The maximum atomic E-state index is 5.22. The van der Waals surface area contributed by atoms with E-state index in [1.54, 1.807) is 0 Å².